The molecule has 2 rings (SSSR count). The molecule has 5 nitrogen and oxygen atoms in total. The number of hydrogen-bond donors (Lipinski definition) is 2. The van der Waals surface area contributed by atoms with E-state index in [4.69, 9.17) is 4.74 Å². The van der Waals surface area contributed by atoms with Crippen LogP contribution in [-0.4, -0.2) is 26.0 Å². The van der Waals surface area contributed by atoms with Gasteiger partial charge in [0.05, 0.1) is 7.11 Å². The Morgan fingerprint density at radius 3 is 2.22 bits per heavy atom. The summed E-state index contributed by atoms with van der Waals surface area (Å²) in [5.41, 5.74) is 2.33. The molecule has 2 amide bonds. The van der Waals surface area contributed by atoms with E-state index in [9.17, 15) is 9.59 Å². The molecule has 23 heavy (non-hydrogen) atoms. The van der Waals surface area contributed by atoms with Gasteiger partial charge in [0, 0.05) is 24.7 Å². The second kappa shape index (κ2) is 7.98. The number of ether oxygens (including phenoxy) is 1. The molecule has 0 aliphatic carbocycles. The summed E-state index contributed by atoms with van der Waals surface area (Å²) >= 11 is 0. The predicted octanol–water partition coefficient (Wildman–Crippen LogP) is 2.63. The van der Waals surface area contributed by atoms with Crippen LogP contribution in [-0.2, 0) is 11.2 Å². The van der Waals surface area contributed by atoms with E-state index in [-0.39, 0.29) is 11.8 Å². The molecule has 0 radical (unpaired) electrons. The zero-order valence-electron chi connectivity index (χ0n) is 13.3. The molecular weight excluding hydrogens is 292 g/mol. The van der Waals surface area contributed by atoms with Gasteiger partial charge in [-0.2, -0.15) is 0 Å². The minimum absolute atomic E-state index is 0.0156. The van der Waals surface area contributed by atoms with Crippen molar-refractivity contribution in [2.45, 2.75) is 12.8 Å². The molecular formula is C18H20N2O3. The van der Waals surface area contributed by atoms with E-state index in [1.807, 2.05) is 24.3 Å². The van der Waals surface area contributed by atoms with Gasteiger partial charge in [0.15, 0.2) is 0 Å². The fourth-order valence-corrected chi connectivity index (χ4v) is 2.08. The van der Waals surface area contributed by atoms with Gasteiger partial charge < -0.3 is 15.4 Å². The normalized spacial score (nSPS) is 10.0. The molecule has 0 saturated carbocycles. The Morgan fingerprint density at radius 2 is 1.65 bits per heavy atom. The van der Waals surface area contributed by atoms with Gasteiger partial charge >= 0.3 is 0 Å². The Kier molecular flexibility index (Phi) is 5.74. The molecule has 0 aromatic heterocycles. The monoisotopic (exact) mass is 312 g/mol. The first kappa shape index (κ1) is 16.5. The maximum Gasteiger partial charge on any atom is 0.255 e. The van der Waals surface area contributed by atoms with Crippen LogP contribution in [0.2, 0.25) is 0 Å². The molecule has 0 aliphatic rings. The Bertz CT molecular complexity index is 664. The highest BCUT2D eigenvalue weighted by molar-refractivity contribution is 6.04. The fourth-order valence-electron chi connectivity index (χ4n) is 2.08. The third-order valence-electron chi connectivity index (χ3n) is 3.48. The van der Waals surface area contributed by atoms with E-state index in [0.29, 0.717) is 24.2 Å². The van der Waals surface area contributed by atoms with Gasteiger partial charge in [-0.05, 0) is 48.4 Å². The van der Waals surface area contributed by atoms with Crippen molar-refractivity contribution in [1.82, 2.24) is 5.32 Å². The zero-order chi connectivity index (χ0) is 16.7. The van der Waals surface area contributed by atoms with Crippen LogP contribution in [0.1, 0.15) is 22.3 Å². The third-order valence-corrected chi connectivity index (χ3v) is 3.48. The summed E-state index contributed by atoms with van der Waals surface area (Å²) in [5.74, 6) is 0.551. The highest BCUT2D eigenvalue weighted by Crippen LogP contribution is 2.15. The molecule has 0 bridgehead atoms. The highest BCUT2D eigenvalue weighted by Gasteiger charge is 2.06. The lowest BCUT2D eigenvalue weighted by molar-refractivity contribution is -0.120. The van der Waals surface area contributed by atoms with E-state index in [0.717, 1.165) is 11.3 Å². The topological polar surface area (TPSA) is 67.4 Å². The summed E-state index contributed by atoms with van der Waals surface area (Å²) in [6.07, 6.45) is 1.13. The van der Waals surface area contributed by atoms with E-state index >= 15 is 0 Å². The summed E-state index contributed by atoms with van der Waals surface area (Å²) in [4.78, 5) is 23.4. The maximum atomic E-state index is 12.1. The molecule has 0 unspecified atom stereocenters. The minimum Gasteiger partial charge on any atom is -0.497 e. The number of carbonyl (C=O) groups excluding carboxylic acids is 2. The van der Waals surface area contributed by atoms with Crippen LogP contribution in [0.5, 0.6) is 5.75 Å². The van der Waals surface area contributed by atoms with Gasteiger partial charge in [-0.3, -0.25) is 9.59 Å². The molecule has 0 aliphatic heterocycles. The SMILES string of the molecule is CNC(=O)CCc1ccc(NC(=O)c2ccc(OC)cc2)cc1. The van der Waals surface area contributed by atoms with Crippen LogP contribution in [0.4, 0.5) is 5.69 Å². The molecule has 120 valence electrons. The van der Waals surface area contributed by atoms with Crippen LogP contribution in [0.3, 0.4) is 0 Å². The van der Waals surface area contributed by atoms with E-state index in [1.54, 1.807) is 38.4 Å². The third kappa shape index (κ3) is 4.85. The first-order chi connectivity index (χ1) is 11.1. The molecule has 0 atom stereocenters. The van der Waals surface area contributed by atoms with Crippen LogP contribution < -0.4 is 15.4 Å². The average molecular weight is 312 g/mol. The van der Waals surface area contributed by atoms with E-state index in [2.05, 4.69) is 10.6 Å². The summed E-state index contributed by atoms with van der Waals surface area (Å²) < 4.78 is 5.07. The van der Waals surface area contributed by atoms with Gasteiger partial charge in [-0.15, -0.1) is 0 Å². The highest BCUT2D eigenvalue weighted by atomic mass is 16.5. The van der Waals surface area contributed by atoms with Gasteiger partial charge in [-0.1, -0.05) is 12.1 Å². The van der Waals surface area contributed by atoms with Gasteiger partial charge in [0.1, 0.15) is 5.75 Å². The Morgan fingerprint density at radius 1 is 1.00 bits per heavy atom. The number of benzene rings is 2. The second-order valence-corrected chi connectivity index (χ2v) is 5.05. The lowest BCUT2D eigenvalue weighted by atomic mass is 10.1. The minimum atomic E-state index is -0.175. The van der Waals surface area contributed by atoms with Crippen molar-refractivity contribution in [3.8, 4) is 5.75 Å². The fraction of sp³-hybridized carbons (Fsp3) is 0.222. The number of nitrogens with one attached hydrogen (secondary N) is 2. The lowest BCUT2D eigenvalue weighted by Crippen LogP contribution is -2.17. The van der Waals surface area contributed by atoms with Crippen LogP contribution >= 0.6 is 0 Å². The maximum absolute atomic E-state index is 12.1. The quantitative estimate of drug-likeness (QED) is 0.861. The Balaban J connectivity index is 1.94. The van der Waals surface area contributed by atoms with Crippen molar-refractivity contribution in [3.05, 3.63) is 59.7 Å². The number of anilines is 1. The molecule has 0 saturated heterocycles. The smallest absolute Gasteiger partial charge is 0.255 e. The summed E-state index contributed by atoms with van der Waals surface area (Å²) in [7, 11) is 3.21. The number of hydrogen-bond acceptors (Lipinski definition) is 3. The summed E-state index contributed by atoms with van der Waals surface area (Å²) in [6.45, 7) is 0. The molecule has 5 heteroatoms. The Labute approximate surface area is 135 Å². The van der Waals surface area contributed by atoms with Crippen molar-refractivity contribution in [1.29, 1.82) is 0 Å². The number of amides is 2. The Hall–Kier alpha value is -2.82. The predicted molar refractivity (Wildman–Crippen MR) is 89.8 cm³/mol. The average Bonchev–Trinajstić information content (AvgIpc) is 2.60. The van der Waals surface area contributed by atoms with Crippen molar-refractivity contribution in [2.75, 3.05) is 19.5 Å². The largest absolute Gasteiger partial charge is 0.497 e. The van der Waals surface area contributed by atoms with Gasteiger partial charge in [0.25, 0.3) is 5.91 Å². The molecule has 0 fully saturated rings. The first-order valence-electron chi connectivity index (χ1n) is 7.37. The lowest BCUT2D eigenvalue weighted by Gasteiger charge is -2.07. The first-order valence-corrected chi connectivity index (χ1v) is 7.37. The summed E-state index contributed by atoms with van der Waals surface area (Å²) in [5, 5.41) is 5.43. The van der Waals surface area contributed by atoms with Crippen LogP contribution in [0.25, 0.3) is 0 Å². The van der Waals surface area contributed by atoms with Crippen molar-refractivity contribution < 1.29 is 14.3 Å². The van der Waals surface area contributed by atoms with Crippen LogP contribution in [0, 0.1) is 0 Å². The molecule has 2 aromatic rings. The standard InChI is InChI=1S/C18H20N2O3/c1-19-17(21)12-5-13-3-8-15(9-4-13)20-18(22)14-6-10-16(23-2)11-7-14/h3-4,6-11H,5,12H2,1-2H3,(H,19,21)(H,20,22). The zero-order valence-corrected chi connectivity index (χ0v) is 13.3. The van der Waals surface area contributed by atoms with Crippen molar-refractivity contribution in [3.63, 3.8) is 0 Å². The summed E-state index contributed by atoms with van der Waals surface area (Å²) in [6, 6.07) is 14.4. The number of methoxy groups -OCH3 is 1. The molecule has 2 aromatic carbocycles. The number of rotatable bonds is 6. The van der Waals surface area contributed by atoms with Crippen molar-refractivity contribution >= 4 is 17.5 Å². The molecule has 2 N–H and O–H groups in total. The molecule has 0 spiro atoms. The van der Waals surface area contributed by atoms with Gasteiger partial charge in [-0.25, -0.2) is 0 Å². The van der Waals surface area contributed by atoms with Crippen molar-refractivity contribution in [2.24, 2.45) is 0 Å². The second-order valence-electron chi connectivity index (χ2n) is 5.05. The van der Waals surface area contributed by atoms with Crippen LogP contribution in [0.15, 0.2) is 48.5 Å². The number of carbonyl (C=O) groups is 2. The number of aryl methyl sites for hydroxylation is 1. The van der Waals surface area contributed by atoms with E-state index in [1.165, 1.54) is 0 Å². The van der Waals surface area contributed by atoms with E-state index < -0.39 is 0 Å². The molecule has 0 heterocycles. The van der Waals surface area contributed by atoms with Gasteiger partial charge in [0.2, 0.25) is 5.91 Å².